The van der Waals surface area contributed by atoms with E-state index in [2.05, 4.69) is 79.8 Å². The van der Waals surface area contributed by atoms with Crippen LogP contribution in [-0.4, -0.2) is 12.1 Å². The molecule has 0 bridgehead atoms. The van der Waals surface area contributed by atoms with Crippen molar-refractivity contribution in [1.29, 1.82) is 0 Å². The Balaban J connectivity index is 2.01. The fourth-order valence-electron chi connectivity index (χ4n) is 4.15. The van der Waals surface area contributed by atoms with Gasteiger partial charge < -0.3 is 4.74 Å². The molecule has 0 unspecified atom stereocenters. The van der Waals surface area contributed by atoms with E-state index in [4.69, 9.17) is 4.74 Å². The minimum absolute atomic E-state index is 0.0111. The Bertz CT molecular complexity index is 633. The van der Waals surface area contributed by atoms with Crippen LogP contribution in [0, 0.1) is 11.8 Å². The highest BCUT2D eigenvalue weighted by atomic mass is 127. The van der Waals surface area contributed by atoms with Gasteiger partial charge in [-0.2, -0.15) is 0 Å². The number of allylic oxidation sites excluding steroid dienone is 2. The molecule has 27 heavy (non-hydrogen) atoms. The molecule has 148 valence electrons. The zero-order valence-electron chi connectivity index (χ0n) is 16.9. The Morgan fingerprint density at radius 1 is 1.19 bits per heavy atom. The molecule has 0 radical (unpaired) electrons. The second-order valence-corrected chi connectivity index (χ2v) is 9.00. The molecule has 3 atom stereocenters. The second kappa shape index (κ2) is 11.0. The second-order valence-electron chi connectivity index (χ2n) is 8.28. The van der Waals surface area contributed by atoms with Crippen molar-refractivity contribution >= 4 is 28.6 Å². The maximum absolute atomic E-state index is 12.4. The summed E-state index contributed by atoms with van der Waals surface area (Å²) >= 11 is 2.23. The van der Waals surface area contributed by atoms with E-state index in [1.807, 2.05) is 10.2 Å². The number of ether oxygens (including phenoxy) is 1. The van der Waals surface area contributed by atoms with Crippen LogP contribution in [0.15, 0.2) is 52.6 Å². The fourth-order valence-corrected chi connectivity index (χ4v) is 4.51. The van der Waals surface area contributed by atoms with Crippen LogP contribution in [0.5, 0.6) is 0 Å². The molecule has 2 rings (SSSR count). The van der Waals surface area contributed by atoms with Crippen molar-refractivity contribution in [2.45, 2.75) is 70.8 Å². The predicted octanol–water partition coefficient (Wildman–Crippen LogP) is 6.99. The lowest BCUT2D eigenvalue weighted by molar-refractivity contribution is -0.150. The van der Waals surface area contributed by atoms with E-state index in [0.717, 1.165) is 32.1 Å². The Morgan fingerprint density at radius 2 is 1.89 bits per heavy atom. The summed E-state index contributed by atoms with van der Waals surface area (Å²) in [5, 5.41) is 0. The molecule has 1 aromatic carbocycles. The van der Waals surface area contributed by atoms with Crippen LogP contribution in [0.4, 0.5) is 0 Å². The van der Waals surface area contributed by atoms with Gasteiger partial charge in [-0.3, -0.25) is 0 Å². The monoisotopic (exact) mass is 480 g/mol. The van der Waals surface area contributed by atoms with Crippen LogP contribution in [0.25, 0.3) is 0 Å². The SMILES string of the molecule is C[C@@H]1CC[C@@H](C(C)(C)c2ccccc2)[C@H](OC(=O)/C=C/CCC/C=C/I)C1. The van der Waals surface area contributed by atoms with Crippen molar-refractivity contribution in [3.8, 4) is 0 Å². The number of carbonyl (C=O) groups excluding carboxylic acids is 1. The molecule has 1 saturated carbocycles. The van der Waals surface area contributed by atoms with Crippen LogP contribution in [-0.2, 0) is 14.9 Å². The van der Waals surface area contributed by atoms with E-state index in [-0.39, 0.29) is 17.5 Å². The summed E-state index contributed by atoms with van der Waals surface area (Å²) in [6.07, 6.45) is 12.0. The number of hydrogen-bond donors (Lipinski definition) is 0. The molecule has 0 amide bonds. The number of carbonyl (C=O) groups is 1. The van der Waals surface area contributed by atoms with Gasteiger partial charge in [0.15, 0.2) is 0 Å². The van der Waals surface area contributed by atoms with Gasteiger partial charge >= 0.3 is 5.97 Å². The maximum atomic E-state index is 12.4. The summed E-state index contributed by atoms with van der Waals surface area (Å²) < 4.78 is 8.01. The Hall–Kier alpha value is -1.10. The highest BCUT2D eigenvalue weighted by Gasteiger charge is 2.41. The van der Waals surface area contributed by atoms with Crippen molar-refractivity contribution in [1.82, 2.24) is 0 Å². The van der Waals surface area contributed by atoms with Crippen molar-refractivity contribution in [2.24, 2.45) is 11.8 Å². The van der Waals surface area contributed by atoms with Crippen LogP contribution in [0.1, 0.15) is 64.9 Å². The summed E-state index contributed by atoms with van der Waals surface area (Å²) in [5.41, 5.74) is 1.31. The van der Waals surface area contributed by atoms with Gasteiger partial charge in [0.25, 0.3) is 0 Å². The lowest BCUT2D eigenvalue weighted by atomic mass is 9.64. The highest BCUT2D eigenvalue weighted by Crippen LogP contribution is 2.43. The van der Waals surface area contributed by atoms with Gasteiger partial charge in [0.1, 0.15) is 6.10 Å². The minimum atomic E-state index is -0.188. The highest BCUT2D eigenvalue weighted by molar-refractivity contribution is 14.1. The van der Waals surface area contributed by atoms with Gasteiger partial charge in [-0.05, 0) is 53.1 Å². The normalized spacial score (nSPS) is 23.8. The van der Waals surface area contributed by atoms with Crippen LogP contribution in [0.3, 0.4) is 0 Å². The predicted molar refractivity (Wildman–Crippen MR) is 122 cm³/mol. The topological polar surface area (TPSA) is 26.3 Å². The fraction of sp³-hybridized carbons (Fsp3) is 0.542. The smallest absolute Gasteiger partial charge is 0.330 e. The molecule has 0 N–H and O–H groups in total. The Kier molecular flexibility index (Phi) is 9.07. The van der Waals surface area contributed by atoms with E-state index < -0.39 is 0 Å². The number of benzene rings is 1. The number of esters is 1. The first-order valence-corrected chi connectivity index (χ1v) is 11.4. The van der Waals surface area contributed by atoms with Gasteiger partial charge in [-0.15, -0.1) is 0 Å². The zero-order valence-corrected chi connectivity index (χ0v) is 19.0. The van der Waals surface area contributed by atoms with Crippen LogP contribution >= 0.6 is 22.6 Å². The van der Waals surface area contributed by atoms with E-state index in [0.29, 0.717) is 11.8 Å². The standard InChI is InChI=1S/C24H33IO2/c1-19-15-16-21(24(2,3)20-12-8-7-9-13-20)22(18-19)27-23(26)14-10-5-4-6-11-17-25/h7-14,17,19,21-22H,4-6,15-16,18H2,1-3H3/b14-10+,17-11+/t19-,21-,22-/m1/s1. The first-order valence-electron chi connectivity index (χ1n) is 10.1. The van der Waals surface area contributed by atoms with Crippen molar-refractivity contribution < 1.29 is 9.53 Å². The summed E-state index contributed by atoms with van der Waals surface area (Å²) in [7, 11) is 0. The number of hydrogen-bond acceptors (Lipinski definition) is 2. The van der Waals surface area contributed by atoms with Crippen molar-refractivity contribution in [3.63, 3.8) is 0 Å². The van der Waals surface area contributed by atoms with Crippen molar-refractivity contribution in [2.75, 3.05) is 0 Å². The summed E-state index contributed by atoms with van der Waals surface area (Å²) in [6, 6.07) is 10.6. The lowest BCUT2D eigenvalue weighted by Crippen LogP contribution is -2.43. The Labute approximate surface area is 178 Å². The lowest BCUT2D eigenvalue weighted by Gasteiger charge is -2.43. The van der Waals surface area contributed by atoms with Gasteiger partial charge in [-0.25, -0.2) is 4.79 Å². The molecule has 1 fully saturated rings. The van der Waals surface area contributed by atoms with E-state index in [1.165, 1.54) is 12.0 Å². The molecule has 1 aliphatic carbocycles. The Morgan fingerprint density at radius 3 is 2.59 bits per heavy atom. The molecular weight excluding hydrogens is 447 g/mol. The molecule has 3 heteroatoms. The molecular formula is C24H33IO2. The molecule has 1 aromatic rings. The number of rotatable bonds is 8. The molecule has 2 nitrogen and oxygen atoms in total. The average Bonchev–Trinajstić information content (AvgIpc) is 2.65. The molecule has 0 heterocycles. The van der Waals surface area contributed by atoms with Gasteiger partial charge in [0, 0.05) is 12.0 Å². The maximum Gasteiger partial charge on any atom is 0.330 e. The average molecular weight is 480 g/mol. The van der Waals surface area contributed by atoms with Gasteiger partial charge in [0.2, 0.25) is 0 Å². The number of unbranched alkanes of at least 4 members (excludes halogenated alkanes) is 2. The third-order valence-electron chi connectivity index (χ3n) is 5.85. The zero-order chi connectivity index (χ0) is 19.7. The quantitative estimate of drug-likeness (QED) is 0.174. The molecule has 0 saturated heterocycles. The number of halogens is 1. The third-order valence-corrected chi connectivity index (χ3v) is 6.36. The molecule has 0 aromatic heterocycles. The van der Waals surface area contributed by atoms with E-state index in [1.54, 1.807) is 6.08 Å². The largest absolute Gasteiger partial charge is 0.459 e. The molecule has 1 aliphatic rings. The van der Waals surface area contributed by atoms with Gasteiger partial charge in [0.05, 0.1) is 0 Å². The summed E-state index contributed by atoms with van der Waals surface area (Å²) in [4.78, 5) is 12.4. The van der Waals surface area contributed by atoms with Crippen molar-refractivity contribution in [3.05, 3.63) is 58.2 Å². The first kappa shape index (κ1) is 22.2. The molecule has 0 spiro atoms. The first-order chi connectivity index (χ1) is 12.9. The van der Waals surface area contributed by atoms with Crippen LogP contribution in [0.2, 0.25) is 0 Å². The van der Waals surface area contributed by atoms with Gasteiger partial charge in [-0.1, -0.05) is 92.3 Å². The molecule has 0 aliphatic heterocycles. The van der Waals surface area contributed by atoms with E-state index >= 15 is 0 Å². The van der Waals surface area contributed by atoms with E-state index in [9.17, 15) is 4.79 Å². The third kappa shape index (κ3) is 6.78. The minimum Gasteiger partial charge on any atom is -0.459 e. The summed E-state index contributed by atoms with van der Waals surface area (Å²) in [5.74, 6) is 0.768. The summed E-state index contributed by atoms with van der Waals surface area (Å²) in [6.45, 7) is 6.85. The van der Waals surface area contributed by atoms with Crippen LogP contribution < -0.4 is 0 Å².